The van der Waals surface area contributed by atoms with E-state index >= 15 is 0 Å². The van der Waals surface area contributed by atoms with E-state index in [0.29, 0.717) is 56.9 Å². The minimum atomic E-state index is -3.90. The maximum atomic E-state index is 14.4. The van der Waals surface area contributed by atoms with Crippen LogP contribution in [0.2, 0.25) is 0 Å². The number of thiophene rings is 1. The number of rotatable bonds is 7. The normalized spacial score (nSPS) is 26.1. The smallest absolute Gasteiger partial charge is 0.348 e. The number of aromatic carboxylic acids is 1. The van der Waals surface area contributed by atoms with Gasteiger partial charge < -0.3 is 19.5 Å². The van der Waals surface area contributed by atoms with Crippen LogP contribution < -0.4 is 9.41 Å². The summed E-state index contributed by atoms with van der Waals surface area (Å²) in [5.74, 6) is 0.247. The van der Waals surface area contributed by atoms with E-state index in [1.807, 2.05) is 43.3 Å². The van der Waals surface area contributed by atoms with Crippen LogP contribution in [0.4, 0.5) is 5.69 Å². The predicted octanol–water partition coefficient (Wildman–Crippen LogP) is 7.11. The largest absolute Gasteiger partial charge is 0.481 e. The standard InChI is InChI=1S/C31H37N2O6PS/c1-20-5-11-24(12-6-20)40(36,37)33(23-13-16-38-17-14-23)26-18-28(41-29(26)30(34)35)21-7-9-22(10-8-21)31(2)19-25-27(39-31)4-3-15-32-25/h3-4,7-10,15,18,20,23-24H,5-6,11-14,16-17,19H2,1-2H3,(H,34,35)(H,36,37). The molecule has 1 saturated carbocycles. The Morgan fingerprint density at radius 3 is 2.46 bits per heavy atom. The third-order valence-electron chi connectivity index (χ3n) is 8.93. The van der Waals surface area contributed by atoms with E-state index in [1.165, 1.54) is 0 Å². The van der Waals surface area contributed by atoms with Gasteiger partial charge in [-0.25, -0.2) is 4.79 Å². The van der Waals surface area contributed by atoms with Gasteiger partial charge in [-0.1, -0.05) is 31.2 Å². The molecule has 0 radical (unpaired) electrons. The lowest BCUT2D eigenvalue weighted by atomic mass is 9.91. The van der Waals surface area contributed by atoms with Crippen LogP contribution in [-0.2, 0) is 21.3 Å². The molecule has 2 atom stereocenters. The van der Waals surface area contributed by atoms with Crippen molar-refractivity contribution in [2.45, 2.75) is 76.1 Å². The van der Waals surface area contributed by atoms with Crippen LogP contribution in [0.3, 0.4) is 0 Å². The Morgan fingerprint density at radius 1 is 1.10 bits per heavy atom. The van der Waals surface area contributed by atoms with E-state index in [1.54, 1.807) is 16.9 Å². The highest BCUT2D eigenvalue weighted by atomic mass is 32.1. The summed E-state index contributed by atoms with van der Waals surface area (Å²) in [6.45, 7) is 5.21. The lowest BCUT2D eigenvalue weighted by molar-refractivity contribution is 0.0702. The first kappa shape index (κ1) is 28.4. The Hall–Kier alpha value is -2.71. The number of carboxylic acid groups (broad SMARTS) is 1. The first-order valence-electron chi connectivity index (χ1n) is 14.5. The third-order valence-corrected chi connectivity index (χ3v) is 12.7. The fourth-order valence-corrected chi connectivity index (χ4v) is 10.1. The molecule has 0 spiro atoms. The highest BCUT2D eigenvalue weighted by Crippen LogP contribution is 2.60. The molecule has 218 valence electrons. The van der Waals surface area contributed by atoms with Crippen molar-refractivity contribution in [1.29, 1.82) is 0 Å². The average molecular weight is 597 g/mol. The molecule has 2 unspecified atom stereocenters. The molecule has 41 heavy (non-hydrogen) atoms. The molecule has 4 heterocycles. The zero-order valence-corrected chi connectivity index (χ0v) is 25.2. The van der Waals surface area contributed by atoms with Gasteiger partial charge >= 0.3 is 5.97 Å². The molecule has 2 aromatic heterocycles. The summed E-state index contributed by atoms with van der Waals surface area (Å²) in [5, 5.41) is 10.3. The SMILES string of the molecule is CC1CCC(P(=O)(O)N(c2cc(-c3ccc(C4(C)Cc5ncccc5O4)cc3)sc2C(=O)O)C2CCOCC2)CC1. The molecule has 0 amide bonds. The first-order valence-corrected chi connectivity index (χ1v) is 17.0. The fraction of sp³-hybridized carbons (Fsp3) is 0.484. The number of benzene rings is 1. The van der Waals surface area contributed by atoms with Gasteiger partial charge in [0.05, 0.1) is 17.0 Å². The Labute approximate surface area is 244 Å². The van der Waals surface area contributed by atoms with Crippen LogP contribution in [-0.4, -0.2) is 45.9 Å². The Bertz CT molecular complexity index is 1430. The summed E-state index contributed by atoms with van der Waals surface area (Å²) >= 11 is 1.16. The zero-order valence-electron chi connectivity index (χ0n) is 23.5. The van der Waals surface area contributed by atoms with E-state index in [4.69, 9.17) is 9.47 Å². The summed E-state index contributed by atoms with van der Waals surface area (Å²) < 4.78 is 27.8. The van der Waals surface area contributed by atoms with Crippen molar-refractivity contribution >= 4 is 30.5 Å². The van der Waals surface area contributed by atoms with Gasteiger partial charge in [0.25, 0.3) is 7.52 Å². The van der Waals surface area contributed by atoms with Gasteiger partial charge in [-0.3, -0.25) is 14.2 Å². The van der Waals surface area contributed by atoms with Crippen molar-refractivity contribution in [3.05, 3.63) is 64.8 Å². The number of hydrogen-bond acceptors (Lipinski definition) is 6. The van der Waals surface area contributed by atoms with Crippen molar-refractivity contribution in [1.82, 2.24) is 4.98 Å². The van der Waals surface area contributed by atoms with E-state index < -0.39 is 19.1 Å². The quantitative estimate of drug-likeness (QED) is 0.278. The van der Waals surface area contributed by atoms with Gasteiger partial charge in [0.2, 0.25) is 0 Å². The van der Waals surface area contributed by atoms with E-state index in [-0.39, 0.29) is 16.6 Å². The Balaban J connectivity index is 1.34. The van der Waals surface area contributed by atoms with Crippen molar-refractivity contribution < 1.29 is 28.8 Å². The molecule has 2 fully saturated rings. The average Bonchev–Trinajstić information content (AvgIpc) is 3.56. The van der Waals surface area contributed by atoms with Crippen LogP contribution in [0, 0.1) is 5.92 Å². The number of anilines is 1. The maximum absolute atomic E-state index is 14.4. The van der Waals surface area contributed by atoms with Gasteiger partial charge in [-0.15, -0.1) is 11.3 Å². The maximum Gasteiger partial charge on any atom is 0.348 e. The molecule has 3 aromatic rings. The number of carboxylic acids is 1. The second kappa shape index (κ2) is 11.2. The topological polar surface area (TPSA) is 109 Å². The number of nitrogens with zero attached hydrogens (tertiary/aromatic N) is 2. The monoisotopic (exact) mass is 596 g/mol. The molecule has 1 saturated heterocycles. The summed E-state index contributed by atoms with van der Waals surface area (Å²) in [4.78, 5) is 29.6. The molecule has 0 bridgehead atoms. The van der Waals surface area contributed by atoms with Crippen molar-refractivity contribution in [2.24, 2.45) is 5.92 Å². The summed E-state index contributed by atoms with van der Waals surface area (Å²) in [6.07, 6.45) is 6.79. The van der Waals surface area contributed by atoms with E-state index in [0.717, 1.165) is 51.6 Å². The third kappa shape index (κ3) is 5.45. The molecular weight excluding hydrogens is 559 g/mol. The second-order valence-electron chi connectivity index (χ2n) is 11.9. The van der Waals surface area contributed by atoms with Crippen LogP contribution in [0.25, 0.3) is 10.4 Å². The molecule has 3 aliphatic rings. The number of aromatic nitrogens is 1. The van der Waals surface area contributed by atoms with Gasteiger partial charge in [0.1, 0.15) is 16.2 Å². The van der Waals surface area contributed by atoms with Gasteiger partial charge in [0, 0.05) is 36.8 Å². The molecule has 1 aromatic carbocycles. The zero-order chi connectivity index (χ0) is 28.8. The van der Waals surface area contributed by atoms with Crippen LogP contribution in [0.15, 0.2) is 48.7 Å². The summed E-state index contributed by atoms with van der Waals surface area (Å²) in [7, 11) is -3.90. The van der Waals surface area contributed by atoms with Gasteiger partial charge in [-0.2, -0.15) is 0 Å². The van der Waals surface area contributed by atoms with Crippen LogP contribution in [0.5, 0.6) is 5.75 Å². The van der Waals surface area contributed by atoms with Crippen LogP contribution in [0.1, 0.15) is 73.3 Å². The van der Waals surface area contributed by atoms with E-state index in [9.17, 15) is 19.4 Å². The second-order valence-corrected chi connectivity index (χ2v) is 15.2. The molecule has 2 aliphatic heterocycles. The summed E-state index contributed by atoms with van der Waals surface area (Å²) in [6, 6.07) is 13.3. The fourth-order valence-electron chi connectivity index (χ4n) is 6.51. The van der Waals surface area contributed by atoms with Crippen molar-refractivity contribution in [2.75, 3.05) is 17.9 Å². The van der Waals surface area contributed by atoms with E-state index in [2.05, 4.69) is 11.9 Å². The Morgan fingerprint density at radius 2 is 1.80 bits per heavy atom. The molecule has 8 nitrogen and oxygen atoms in total. The lowest BCUT2D eigenvalue weighted by Crippen LogP contribution is -2.40. The highest BCUT2D eigenvalue weighted by Gasteiger charge is 2.45. The molecule has 2 N–H and O–H groups in total. The molecule has 1 aliphatic carbocycles. The number of hydrogen-bond donors (Lipinski definition) is 2. The molecule has 10 heteroatoms. The number of carbonyl (C=O) groups is 1. The Kier molecular flexibility index (Phi) is 7.74. The number of fused-ring (bicyclic) bond motifs is 1. The van der Waals surface area contributed by atoms with Crippen molar-refractivity contribution in [3.8, 4) is 16.2 Å². The minimum Gasteiger partial charge on any atom is -0.481 e. The van der Waals surface area contributed by atoms with Crippen molar-refractivity contribution in [3.63, 3.8) is 0 Å². The van der Waals surface area contributed by atoms with Crippen LogP contribution >= 0.6 is 18.9 Å². The predicted molar refractivity (Wildman–Crippen MR) is 160 cm³/mol. The summed E-state index contributed by atoms with van der Waals surface area (Å²) in [5.41, 5.74) is 2.24. The minimum absolute atomic E-state index is 0.0987. The molecule has 6 rings (SSSR count). The number of ether oxygens (including phenoxy) is 2. The van der Waals surface area contributed by atoms with Gasteiger partial charge in [-0.05, 0) is 80.7 Å². The first-order chi connectivity index (χ1) is 19.7. The molecular formula is C31H37N2O6PS. The van der Waals surface area contributed by atoms with Gasteiger partial charge in [0.15, 0.2) is 0 Å². The lowest BCUT2D eigenvalue weighted by Gasteiger charge is -2.42. The number of pyridine rings is 1. The highest BCUT2D eigenvalue weighted by molar-refractivity contribution is 7.60.